The Labute approximate surface area is 123 Å². The molecule has 1 fully saturated rings. The first kappa shape index (κ1) is 14.9. The van der Waals surface area contributed by atoms with Gasteiger partial charge in [0.2, 0.25) is 0 Å². The second-order valence-corrected chi connectivity index (χ2v) is 6.51. The van der Waals surface area contributed by atoms with Crippen molar-refractivity contribution in [1.82, 2.24) is 4.90 Å². The zero-order chi connectivity index (χ0) is 14.0. The maximum absolute atomic E-state index is 14.0. The number of nitrogens with zero attached hydrogens (tertiary/aromatic N) is 1. The third-order valence-electron chi connectivity index (χ3n) is 4.19. The predicted octanol–water partition coefficient (Wildman–Crippen LogP) is 3.71. The SMILES string of the molecule is CC(N)C1CCCN(C(C)c2cc(Br)ccc2F)C1. The van der Waals surface area contributed by atoms with E-state index >= 15 is 0 Å². The van der Waals surface area contributed by atoms with Crippen molar-refractivity contribution in [3.05, 3.63) is 34.1 Å². The highest BCUT2D eigenvalue weighted by Crippen LogP contribution is 2.30. The highest BCUT2D eigenvalue weighted by molar-refractivity contribution is 9.10. The Morgan fingerprint density at radius 1 is 1.42 bits per heavy atom. The Bertz CT molecular complexity index is 436. The van der Waals surface area contributed by atoms with Crippen molar-refractivity contribution < 1.29 is 4.39 Å². The van der Waals surface area contributed by atoms with E-state index in [1.807, 2.05) is 6.07 Å². The van der Waals surface area contributed by atoms with Gasteiger partial charge in [-0.1, -0.05) is 15.9 Å². The van der Waals surface area contributed by atoms with E-state index in [0.717, 1.165) is 29.5 Å². The van der Waals surface area contributed by atoms with Crippen LogP contribution in [0.2, 0.25) is 0 Å². The summed E-state index contributed by atoms with van der Waals surface area (Å²) in [5.41, 5.74) is 6.78. The number of halogens is 2. The van der Waals surface area contributed by atoms with Crippen molar-refractivity contribution in [2.45, 2.75) is 38.8 Å². The average molecular weight is 329 g/mol. The molecule has 1 heterocycles. The minimum atomic E-state index is -0.126. The fraction of sp³-hybridized carbons (Fsp3) is 0.600. The first-order chi connectivity index (χ1) is 8.99. The summed E-state index contributed by atoms with van der Waals surface area (Å²) in [6.07, 6.45) is 2.33. The highest BCUT2D eigenvalue weighted by atomic mass is 79.9. The molecule has 0 bridgehead atoms. The second-order valence-electron chi connectivity index (χ2n) is 5.60. The summed E-state index contributed by atoms with van der Waals surface area (Å²) in [6.45, 7) is 6.13. The summed E-state index contributed by atoms with van der Waals surface area (Å²) in [5, 5.41) is 0. The number of hydrogen-bond donors (Lipinski definition) is 1. The monoisotopic (exact) mass is 328 g/mol. The lowest BCUT2D eigenvalue weighted by atomic mass is 9.90. The topological polar surface area (TPSA) is 29.3 Å². The summed E-state index contributed by atoms with van der Waals surface area (Å²) < 4.78 is 14.9. The van der Waals surface area contributed by atoms with Crippen LogP contribution in [-0.2, 0) is 0 Å². The largest absolute Gasteiger partial charge is 0.328 e. The smallest absolute Gasteiger partial charge is 0.128 e. The number of rotatable bonds is 3. The van der Waals surface area contributed by atoms with E-state index in [2.05, 4.69) is 34.7 Å². The molecule has 3 unspecified atom stereocenters. The Morgan fingerprint density at radius 2 is 2.16 bits per heavy atom. The third kappa shape index (κ3) is 3.56. The van der Waals surface area contributed by atoms with Crippen LogP contribution in [0, 0.1) is 11.7 Å². The molecule has 0 saturated carbocycles. The number of benzene rings is 1. The van der Waals surface area contributed by atoms with Crippen LogP contribution in [0.3, 0.4) is 0 Å². The standard InChI is InChI=1S/C15H22BrFN2/c1-10(18)12-4-3-7-19(9-12)11(2)14-8-13(16)5-6-15(14)17/h5-6,8,10-12H,3-4,7,9,18H2,1-2H3. The van der Waals surface area contributed by atoms with Gasteiger partial charge in [-0.25, -0.2) is 4.39 Å². The van der Waals surface area contributed by atoms with Gasteiger partial charge in [-0.3, -0.25) is 4.90 Å². The average Bonchev–Trinajstić information content (AvgIpc) is 2.41. The molecule has 3 atom stereocenters. The normalized spacial score (nSPS) is 24.2. The third-order valence-corrected chi connectivity index (χ3v) is 4.68. The molecule has 1 aliphatic rings. The highest BCUT2D eigenvalue weighted by Gasteiger charge is 2.27. The number of likely N-dealkylation sites (tertiary alicyclic amines) is 1. The summed E-state index contributed by atoms with van der Waals surface area (Å²) in [7, 11) is 0. The molecule has 1 saturated heterocycles. The minimum Gasteiger partial charge on any atom is -0.328 e. The Balaban J connectivity index is 2.14. The molecule has 19 heavy (non-hydrogen) atoms. The van der Waals surface area contributed by atoms with Crippen molar-refractivity contribution in [2.24, 2.45) is 11.7 Å². The molecule has 2 nitrogen and oxygen atoms in total. The van der Waals surface area contributed by atoms with Crippen LogP contribution in [0.25, 0.3) is 0 Å². The molecular weight excluding hydrogens is 307 g/mol. The molecule has 4 heteroatoms. The lowest BCUT2D eigenvalue weighted by molar-refractivity contribution is 0.119. The Kier molecular flexibility index (Phi) is 4.98. The number of piperidine rings is 1. The van der Waals surface area contributed by atoms with Crippen molar-refractivity contribution in [3.63, 3.8) is 0 Å². The van der Waals surface area contributed by atoms with E-state index in [4.69, 9.17) is 5.73 Å². The maximum Gasteiger partial charge on any atom is 0.128 e. The Hall–Kier alpha value is -0.450. The molecule has 2 rings (SSSR count). The predicted molar refractivity (Wildman–Crippen MR) is 80.5 cm³/mol. The van der Waals surface area contributed by atoms with Crippen LogP contribution in [-0.4, -0.2) is 24.0 Å². The quantitative estimate of drug-likeness (QED) is 0.916. The van der Waals surface area contributed by atoms with E-state index in [1.54, 1.807) is 6.07 Å². The van der Waals surface area contributed by atoms with Gasteiger partial charge in [-0.15, -0.1) is 0 Å². The maximum atomic E-state index is 14.0. The molecule has 0 aliphatic carbocycles. The molecule has 0 spiro atoms. The number of nitrogens with two attached hydrogens (primary N) is 1. The van der Waals surface area contributed by atoms with Gasteiger partial charge < -0.3 is 5.73 Å². The van der Waals surface area contributed by atoms with Crippen molar-refractivity contribution in [3.8, 4) is 0 Å². The van der Waals surface area contributed by atoms with Gasteiger partial charge in [0.05, 0.1) is 0 Å². The van der Waals surface area contributed by atoms with Crippen molar-refractivity contribution in [2.75, 3.05) is 13.1 Å². The van der Waals surface area contributed by atoms with Gasteiger partial charge in [0, 0.05) is 28.7 Å². The molecule has 0 amide bonds. The fourth-order valence-corrected chi connectivity index (χ4v) is 3.23. The Morgan fingerprint density at radius 3 is 2.84 bits per heavy atom. The van der Waals surface area contributed by atoms with E-state index in [1.165, 1.54) is 12.5 Å². The summed E-state index contributed by atoms with van der Waals surface area (Å²) in [5.74, 6) is 0.394. The van der Waals surface area contributed by atoms with Crippen LogP contribution in [0.5, 0.6) is 0 Å². The zero-order valence-corrected chi connectivity index (χ0v) is 13.2. The summed E-state index contributed by atoms with van der Waals surface area (Å²) in [4.78, 5) is 2.35. The fourth-order valence-electron chi connectivity index (χ4n) is 2.85. The zero-order valence-electron chi connectivity index (χ0n) is 11.6. The van der Waals surface area contributed by atoms with Gasteiger partial charge in [0.25, 0.3) is 0 Å². The lowest BCUT2D eigenvalue weighted by Gasteiger charge is -2.38. The van der Waals surface area contributed by atoms with Gasteiger partial charge in [-0.2, -0.15) is 0 Å². The lowest BCUT2D eigenvalue weighted by Crippen LogP contribution is -2.43. The first-order valence-corrected chi connectivity index (χ1v) is 7.73. The van der Waals surface area contributed by atoms with Crippen LogP contribution in [0.15, 0.2) is 22.7 Å². The van der Waals surface area contributed by atoms with Crippen LogP contribution in [0.1, 0.15) is 38.3 Å². The van der Waals surface area contributed by atoms with E-state index in [-0.39, 0.29) is 17.9 Å². The van der Waals surface area contributed by atoms with E-state index in [9.17, 15) is 4.39 Å². The second kappa shape index (κ2) is 6.33. The van der Waals surface area contributed by atoms with Gasteiger partial charge in [0.15, 0.2) is 0 Å². The van der Waals surface area contributed by atoms with Crippen LogP contribution in [0.4, 0.5) is 4.39 Å². The molecule has 2 N–H and O–H groups in total. The van der Waals surface area contributed by atoms with Crippen molar-refractivity contribution in [1.29, 1.82) is 0 Å². The molecule has 1 aromatic rings. The van der Waals surface area contributed by atoms with E-state index in [0.29, 0.717) is 5.92 Å². The molecule has 1 aliphatic heterocycles. The van der Waals surface area contributed by atoms with Gasteiger partial charge >= 0.3 is 0 Å². The van der Waals surface area contributed by atoms with E-state index < -0.39 is 0 Å². The molecule has 0 aromatic heterocycles. The molecular formula is C15H22BrFN2. The summed E-state index contributed by atoms with van der Waals surface area (Å²) in [6, 6.07) is 5.46. The molecule has 0 radical (unpaired) electrons. The van der Waals surface area contributed by atoms with Gasteiger partial charge in [-0.05, 0) is 57.4 Å². The molecule has 106 valence electrons. The number of hydrogen-bond acceptors (Lipinski definition) is 2. The van der Waals surface area contributed by atoms with Crippen molar-refractivity contribution >= 4 is 15.9 Å². The minimum absolute atomic E-state index is 0.0963. The van der Waals surface area contributed by atoms with Gasteiger partial charge in [0.1, 0.15) is 5.82 Å². The molecule has 1 aromatic carbocycles. The summed E-state index contributed by atoms with van der Waals surface area (Å²) >= 11 is 3.42. The van der Waals surface area contributed by atoms with Crippen LogP contribution >= 0.6 is 15.9 Å². The van der Waals surface area contributed by atoms with Crippen LogP contribution < -0.4 is 5.73 Å². The first-order valence-electron chi connectivity index (χ1n) is 6.93.